The van der Waals surface area contributed by atoms with Crippen LogP contribution in [0.25, 0.3) is 0 Å². The number of nitrogens with zero attached hydrogens (tertiary/aromatic N) is 1. The van der Waals surface area contributed by atoms with Crippen molar-refractivity contribution in [1.82, 2.24) is 5.32 Å². The Morgan fingerprint density at radius 1 is 1.00 bits per heavy atom. The van der Waals surface area contributed by atoms with E-state index in [0.29, 0.717) is 6.26 Å². The maximum absolute atomic E-state index is 9.19. The summed E-state index contributed by atoms with van der Waals surface area (Å²) in [6, 6.07) is 17.7. The van der Waals surface area contributed by atoms with Gasteiger partial charge in [-0.15, -0.1) is 0 Å². The summed E-state index contributed by atoms with van der Waals surface area (Å²) in [6.45, 7) is 6.75. The van der Waals surface area contributed by atoms with Crippen molar-refractivity contribution in [2.75, 3.05) is 31.3 Å². The number of para-hydroxylation sites is 2. The average Bonchev–Trinajstić information content (AvgIpc) is 2.57. The number of rotatable bonds is 4. The fourth-order valence-electron chi connectivity index (χ4n) is 3.40. The van der Waals surface area contributed by atoms with Crippen molar-refractivity contribution in [2.24, 2.45) is 0 Å². The van der Waals surface area contributed by atoms with Crippen LogP contribution in [-0.4, -0.2) is 39.4 Å². The zero-order valence-corrected chi connectivity index (χ0v) is 16.7. The van der Waals surface area contributed by atoms with Crippen LogP contribution in [0.4, 0.5) is 11.4 Å². The van der Waals surface area contributed by atoms with Crippen LogP contribution in [0.2, 0.25) is 0 Å². The molecule has 3 rings (SSSR count). The van der Waals surface area contributed by atoms with Gasteiger partial charge in [-0.25, -0.2) is 0 Å². The summed E-state index contributed by atoms with van der Waals surface area (Å²) >= 11 is 0. The van der Waals surface area contributed by atoms with Crippen LogP contribution in [-0.2, 0) is 15.5 Å². The van der Waals surface area contributed by atoms with Gasteiger partial charge in [0.05, 0.1) is 6.26 Å². The Morgan fingerprint density at radius 2 is 1.42 bits per heavy atom. The molecule has 1 aliphatic heterocycles. The molecule has 6 heteroatoms. The van der Waals surface area contributed by atoms with Crippen molar-refractivity contribution in [1.29, 1.82) is 0 Å². The van der Waals surface area contributed by atoms with Crippen molar-refractivity contribution >= 4 is 21.5 Å². The van der Waals surface area contributed by atoms with E-state index in [4.69, 9.17) is 4.55 Å². The second-order valence-electron chi connectivity index (χ2n) is 7.00. The van der Waals surface area contributed by atoms with Crippen LogP contribution in [0.15, 0.2) is 48.5 Å². The van der Waals surface area contributed by atoms with E-state index in [-0.39, 0.29) is 5.41 Å². The summed E-state index contributed by atoms with van der Waals surface area (Å²) in [6.07, 6.45) is 1.85. The van der Waals surface area contributed by atoms with Crippen LogP contribution in [0, 0.1) is 0 Å². The van der Waals surface area contributed by atoms with E-state index in [1.165, 1.54) is 22.5 Å². The Bertz CT molecular complexity index is 790. The summed E-state index contributed by atoms with van der Waals surface area (Å²) in [4.78, 5) is 2.48. The van der Waals surface area contributed by atoms with E-state index >= 15 is 0 Å². The van der Waals surface area contributed by atoms with E-state index in [1.54, 1.807) is 0 Å². The number of benzene rings is 2. The van der Waals surface area contributed by atoms with Crippen molar-refractivity contribution in [3.05, 3.63) is 59.7 Å². The van der Waals surface area contributed by atoms with Crippen molar-refractivity contribution in [3.63, 3.8) is 0 Å². The van der Waals surface area contributed by atoms with Gasteiger partial charge >= 0.3 is 0 Å². The quantitative estimate of drug-likeness (QED) is 0.630. The topological polar surface area (TPSA) is 69.6 Å². The molecule has 26 heavy (non-hydrogen) atoms. The minimum atomic E-state index is -3.67. The highest BCUT2D eigenvalue weighted by molar-refractivity contribution is 7.85. The molecular weight excluding hydrogens is 348 g/mol. The first-order valence-corrected chi connectivity index (χ1v) is 10.5. The fraction of sp³-hybridized carbons (Fsp3) is 0.400. The average molecular weight is 377 g/mol. The van der Waals surface area contributed by atoms with Gasteiger partial charge in [0.25, 0.3) is 10.1 Å². The third-order valence-corrected chi connectivity index (χ3v) is 4.54. The van der Waals surface area contributed by atoms with Gasteiger partial charge in [-0.3, -0.25) is 4.55 Å². The molecule has 142 valence electrons. The molecule has 0 spiro atoms. The van der Waals surface area contributed by atoms with E-state index in [2.05, 4.69) is 72.6 Å². The molecule has 1 heterocycles. The predicted molar refractivity (Wildman–Crippen MR) is 108 cm³/mol. The third-order valence-electron chi connectivity index (χ3n) is 4.54. The SMILES string of the molecule is CNCCCN1c2ccccc2C(C)(C)c2ccccc21.CS(=O)(=O)O. The van der Waals surface area contributed by atoms with Crippen molar-refractivity contribution < 1.29 is 13.0 Å². The van der Waals surface area contributed by atoms with Gasteiger partial charge < -0.3 is 10.2 Å². The Balaban J connectivity index is 0.000000431. The highest BCUT2D eigenvalue weighted by Crippen LogP contribution is 2.48. The number of nitrogens with one attached hydrogen (secondary N) is 1. The van der Waals surface area contributed by atoms with Gasteiger partial charge in [-0.2, -0.15) is 8.42 Å². The molecule has 0 fully saturated rings. The molecule has 2 aromatic rings. The van der Waals surface area contributed by atoms with E-state index < -0.39 is 10.1 Å². The molecule has 0 atom stereocenters. The number of fused-ring (bicyclic) bond motifs is 2. The fourth-order valence-corrected chi connectivity index (χ4v) is 3.40. The molecule has 0 bridgehead atoms. The Hall–Kier alpha value is -1.89. The van der Waals surface area contributed by atoms with E-state index in [9.17, 15) is 8.42 Å². The lowest BCUT2D eigenvalue weighted by Crippen LogP contribution is -2.34. The van der Waals surface area contributed by atoms with Crippen molar-refractivity contribution in [2.45, 2.75) is 25.7 Å². The van der Waals surface area contributed by atoms with Gasteiger partial charge in [-0.1, -0.05) is 50.2 Å². The summed E-state index contributed by atoms with van der Waals surface area (Å²) in [5.41, 5.74) is 5.63. The lowest BCUT2D eigenvalue weighted by Gasteiger charge is -2.42. The maximum atomic E-state index is 9.19. The zero-order valence-electron chi connectivity index (χ0n) is 15.9. The molecule has 1 aliphatic rings. The minimum Gasteiger partial charge on any atom is -0.341 e. The summed E-state index contributed by atoms with van der Waals surface area (Å²) in [7, 11) is -1.65. The lowest BCUT2D eigenvalue weighted by atomic mass is 9.73. The number of anilines is 2. The normalized spacial score (nSPS) is 14.7. The van der Waals surface area contributed by atoms with Crippen LogP contribution in [0.1, 0.15) is 31.4 Å². The zero-order chi connectivity index (χ0) is 19.4. The van der Waals surface area contributed by atoms with Crippen LogP contribution in [0.3, 0.4) is 0 Å². The third kappa shape index (κ3) is 4.84. The Morgan fingerprint density at radius 3 is 1.85 bits per heavy atom. The first-order chi connectivity index (χ1) is 12.2. The monoisotopic (exact) mass is 376 g/mol. The van der Waals surface area contributed by atoms with E-state index in [1.807, 2.05) is 7.05 Å². The molecule has 2 N–H and O–H groups in total. The molecule has 2 aromatic carbocycles. The predicted octanol–water partition coefficient (Wildman–Crippen LogP) is 3.58. The summed E-state index contributed by atoms with van der Waals surface area (Å²) in [5.74, 6) is 0. The summed E-state index contributed by atoms with van der Waals surface area (Å²) < 4.78 is 25.9. The van der Waals surface area contributed by atoms with Gasteiger partial charge in [0.15, 0.2) is 0 Å². The molecule has 0 radical (unpaired) electrons. The number of hydrogen-bond donors (Lipinski definition) is 2. The highest BCUT2D eigenvalue weighted by atomic mass is 32.2. The van der Waals surface area contributed by atoms with Gasteiger partial charge in [0, 0.05) is 23.3 Å². The standard InChI is InChI=1S/C19H24N2.CH4O3S/c1-19(2)15-9-4-6-11-17(15)21(14-8-13-20-3)18-12-7-5-10-16(18)19;1-5(2,3)4/h4-7,9-12,20H,8,13-14H2,1-3H3;1H3,(H,2,3,4). The minimum absolute atomic E-state index is 0.0622. The molecule has 0 amide bonds. The second kappa shape index (κ2) is 8.20. The van der Waals surface area contributed by atoms with Gasteiger partial charge in [-0.05, 0) is 43.3 Å². The Kier molecular flexibility index (Phi) is 6.44. The van der Waals surface area contributed by atoms with Crippen LogP contribution in [0.5, 0.6) is 0 Å². The molecule has 0 aromatic heterocycles. The molecule has 0 aliphatic carbocycles. The van der Waals surface area contributed by atoms with Crippen LogP contribution >= 0.6 is 0 Å². The van der Waals surface area contributed by atoms with Gasteiger partial charge in [0.2, 0.25) is 0 Å². The second-order valence-corrected chi connectivity index (χ2v) is 8.47. The van der Waals surface area contributed by atoms with Gasteiger partial charge in [0.1, 0.15) is 0 Å². The Labute approximate surface area is 156 Å². The van der Waals surface area contributed by atoms with Crippen LogP contribution < -0.4 is 10.2 Å². The summed E-state index contributed by atoms with van der Waals surface area (Å²) in [5, 5.41) is 3.24. The highest BCUT2D eigenvalue weighted by Gasteiger charge is 2.35. The smallest absolute Gasteiger partial charge is 0.261 e. The first kappa shape index (κ1) is 20.4. The molecular formula is C20H28N2O3S. The first-order valence-electron chi connectivity index (χ1n) is 8.70. The molecule has 0 saturated carbocycles. The molecule has 0 unspecified atom stereocenters. The van der Waals surface area contributed by atoms with Crippen molar-refractivity contribution in [3.8, 4) is 0 Å². The number of hydrogen-bond acceptors (Lipinski definition) is 4. The van der Waals surface area contributed by atoms with E-state index in [0.717, 1.165) is 19.5 Å². The molecule has 0 saturated heterocycles. The molecule has 5 nitrogen and oxygen atoms in total. The maximum Gasteiger partial charge on any atom is 0.261 e. The lowest BCUT2D eigenvalue weighted by molar-refractivity contribution is 0.490. The largest absolute Gasteiger partial charge is 0.341 e.